The van der Waals surface area contributed by atoms with E-state index in [0.717, 1.165) is 21.9 Å². The minimum atomic E-state index is -4.78. The molecule has 1 aliphatic heterocycles. The molecule has 0 atom stereocenters. The van der Waals surface area contributed by atoms with Crippen molar-refractivity contribution in [1.82, 2.24) is 9.21 Å². The maximum atomic E-state index is 12.9. The predicted molar refractivity (Wildman–Crippen MR) is 111 cm³/mol. The Hall–Kier alpha value is -2.15. The standard InChI is InChI=1S/C19H22F3N3O4S2/c1-13-11-17(14(2)30-13)31(27,28)25-9-7-24(8-10-25)12-18(26)23-15-3-5-16(6-4-15)29-19(20,21)22/h3-6,11H,7-10,12H2,1-2H3,(H,23,26). The number of carbonyl (C=O) groups excluding carboxylic acids is 1. The van der Waals surface area contributed by atoms with E-state index in [1.807, 2.05) is 11.8 Å². The highest BCUT2D eigenvalue weighted by Gasteiger charge is 2.32. The minimum Gasteiger partial charge on any atom is -0.406 e. The first-order chi connectivity index (χ1) is 14.4. The quantitative estimate of drug-likeness (QED) is 0.691. The van der Waals surface area contributed by atoms with Crippen molar-refractivity contribution >= 4 is 33.0 Å². The summed E-state index contributed by atoms with van der Waals surface area (Å²) in [5.74, 6) is -0.719. The number of halogens is 3. The summed E-state index contributed by atoms with van der Waals surface area (Å²) in [6.07, 6.45) is -4.78. The number of anilines is 1. The molecule has 31 heavy (non-hydrogen) atoms. The van der Waals surface area contributed by atoms with Gasteiger partial charge in [0.2, 0.25) is 15.9 Å². The van der Waals surface area contributed by atoms with Crippen molar-refractivity contribution in [3.05, 3.63) is 40.1 Å². The van der Waals surface area contributed by atoms with Crippen LogP contribution in [0.2, 0.25) is 0 Å². The van der Waals surface area contributed by atoms with E-state index >= 15 is 0 Å². The summed E-state index contributed by atoms with van der Waals surface area (Å²) in [5, 5.41) is 2.61. The largest absolute Gasteiger partial charge is 0.573 e. The summed E-state index contributed by atoms with van der Waals surface area (Å²) < 4.78 is 67.5. The summed E-state index contributed by atoms with van der Waals surface area (Å²) in [7, 11) is -3.56. The van der Waals surface area contributed by atoms with Gasteiger partial charge in [-0.2, -0.15) is 4.31 Å². The van der Waals surface area contributed by atoms with Crippen LogP contribution in [0.1, 0.15) is 9.75 Å². The Balaban J connectivity index is 1.50. The number of alkyl halides is 3. The lowest BCUT2D eigenvalue weighted by Crippen LogP contribution is -2.50. The molecule has 0 unspecified atom stereocenters. The molecule has 2 heterocycles. The third-order valence-corrected chi connectivity index (χ3v) is 7.80. The van der Waals surface area contributed by atoms with Gasteiger partial charge < -0.3 is 10.1 Å². The van der Waals surface area contributed by atoms with Crippen molar-refractivity contribution in [2.45, 2.75) is 25.1 Å². The molecule has 0 aliphatic carbocycles. The topological polar surface area (TPSA) is 79.0 Å². The molecule has 1 saturated heterocycles. The molecular weight excluding hydrogens is 455 g/mol. The van der Waals surface area contributed by atoms with Gasteiger partial charge in [-0.3, -0.25) is 9.69 Å². The molecule has 1 aromatic heterocycles. The summed E-state index contributed by atoms with van der Waals surface area (Å²) in [4.78, 5) is 16.1. The summed E-state index contributed by atoms with van der Waals surface area (Å²) in [6, 6.07) is 6.53. The number of nitrogens with zero attached hydrogens (tertiary/aromatic N) is 2. The highest BCUT2D eigenvalue weighted by atomic mass is 32.2. The number of benzene rings is 1. The molecule has 1 aromatic carbocycles. The number of sulfonamides is 1. The van der Waals surface area contributed by atoms with Crippen LogP contribution in [0.15, 0.2) is 35.2 Å². The molecule has 1 amide bonds. The number of amides is 1. The third-order valence-electron chi connectivity index (χ3n) is 4.68. The van der Waals surface area contributed by atoms with Gasteiger partial charge in [0.05, 0.1) is 11.4 Å². The summed E-state index contributed by atoms with van der Waals surface area (Å²) in [6.45, 7) is 5.03. The number of piperazine rings is 1. The molecule has 170 valence electrons. The molecule has 1 fully saturated rings. The van der Waals surface area contributed by atoms with E-state index in [2.05, 4.69) is 10.1 Å². The first-order valence-electron chi connectivity index (χ1n) is 9.39. The van der Waals surface area contributed by atoms with Crippen LogP contribution in [0.25, 0.3) is 0 Å². The molecule has 0 radical (unpaired) electrons. The van der Waals surface area contributed by atoms with E-state index < -0.39 is 16.4 Å². The van der Waals surface area contributed by atoms with Crippen LogP contribution in [-0.2, 0) is 14.8 Å². The second-order valence-corrected chi connectivity index (χ2v) is 10.4. The van der Waals surface area contributed by atoms with Crippen LogP contribution in [-0.4, -0.2) is 62.6 Å². The van der Waals surface area contributed by atoms with Gasteiger partial charge in [0.15, 0.2) is 0 Å². The predicted octanol–water partition coefficient (Wildman–Crippen LogP) is 3.21. The van der Waals surface area contributed by atoms with E-state index in [-0.39, 0.29) is 31.3 Å². The zero-order chi connectivity index (χ0) is 22.8. The van der Waals surface area contributed by atoms with Gasteiger partial charge in [-0.15, -0.1) is 24.5 Å². The Morgan fingerprint density at radius 1 is 1.13 bits per heavy atom. The minimum absolute atomic E-state index is 0.0469. The van der Waals surface area contributed by atoms with E-state index in [9.17, 15) is 26.4 Å². The van der Waals surface area contributed by atoms with Gasteiger partial charge in [-0.1, -0.05) is 0 Å². The zero-order valence-electron chi connectivity index (χ0n) is 16.9. The van der Waals surface area contributed by atoms with Crippen LogP contribution in [0.5, 0.6) is 5.75 Å². The maximum absolute atomic E-state index is 12.9. The summed E-state index contributed by atoms with van der Waals surface area (Å²) in [5.41, 5.74) is 0.337. The number of thiophene rings is 1. The number of nitrogens with one attached hydrogen (secondary N) is 1. The first-order valence-corrected chi connectivity index (χ1v) is 11.6. The van der Waals surface area contributed by atoms with Crippen LogP contribution >= 0.6 is 11.3 Å². The van der Waals surface area contributed by atoms with Gasteiger partial charge in [0.25, 0.3) is 0 Å². The Morgan fingerprint density at radius 3 is 2.26 bits per heavy atom. The third kappa shape index (κ3) is 6.19. The van der Waals surface area contributed by atoms with Crippen LogP contribution in [0.3, 0.4) is 0 Å². The van der Waals surface area contributed by atoms with Crippen LogP contribution in [0, 0.1) is 13.8 Å². The van der Waals surface area contributed by atoms with Crippen molar-refractivity contribution < 1.29 is 31.1 Å². The van der Waals surface area contributed by atoms with E-state index in [4.69, 9.17) is 0 Å². The number of rotatable bonds is 6. The number of aryl methyl sites for hydroxylation is 2. The smallest absolute Gasteiger partial charge is 0.406 e. The molecule has 3 rings (SSSR count). The first kappa shape index (κ1) is 23.5. The fraction of sp³-hybridized carbons (Fsp3) is 0.421. The van der Waals surface area contributed by atoms with Crippen molar-refractivity contribution in [3.63, 3.8) is 0 Å². The molecule has 7 nitrogen and oxygen atoms in total. The maximum Gasteiger partial charge on any atom is 0.573 e. The number of carbonyl (C=O) groups is 1. The highest BCUT2D eigenvalue weighted by molar-refractivity contribution is 7.89. The van der Waals surface area contributed by atoms with Gasteiger partial charge in [0.1, 0.15) is 5.75 Å². The molecule has 2 aromatic rings. The Kier molecular flexibility index (Phi) is 6.94. The van der Waals surface area contributed by atoms with Gasteiger partial charge >= 0.3 is 6.36 Å². The Morgan fingerprint density at radius 2 is 1.74 bits per heavy atom. The Labute approximate surface area is 182 Å². The van der Waals surface area contributed by atoms with E-state index in [1.165, 1.54) is 27.8 Å². The molecule has 0 saturated carbocycles. The zero-order valence-corrected chi connectivity index (χ0v) is 18.5. The van der Waals surface area contributed by atoms with Crippen molar-refractivity contribution in [2.24, 2.45) is 0 Å². The molecule has 0 bridgehead atoms. The van der Waals surface area contributed by atoms with Gasteiger partial charge in [-0.25, -0.2) is 8.42 Å². The van der Waals surface area contributed by atoms with E-state index in [0.29, 0.717) is 23.7 Å². The van der Waals surface area contributed by atoms with Gasteiger partial charge in [-0.05, 0) is 44.2 Å². The van der Waals surface area contributed by atoms with Crippen LogP contribution < -0.4 is 10.1 Å². The fourth-order valence-corrected chi connectivity index (χ4v) is 6.22. The van der Waals surface area contributed by atoms with Gasteiger partial charge in [0, 0.05) is 41.6 Å². The second-order valence-electron chi connectivity index (χ2n) is 7.08. The van der Waals surface area contributed by atoms with Crippen molar-refractivity contribution in [1.29, 1.82) is 0 Å². The molecule has 12 heteroatoms. The molecular formula is C19H22F3N3O4S2. The Bertz CT molecular complexity index is 1030. The highest BCUT2D eigenvalue weighted by Crippen LogP contribution is 2.28. The lowest BCUT2D eigenvalue weighted by Gasteiger charge is -2.33. The fourth-order valence-electron chi connectivity index (χ4n) is 3.27. The average molecular weight is 478 g/mol. The number of ether oxygens (including phenoxy) is 1. The molecule has 1 aliphatic rings. The molecule has 0 spiro atoms. The lowest BCUT2D eigenvalue weighted by molar-refractivity contribution is -0.274. The van der Waals surface area contributed by atoms with Crippen molar-refractivity contribution in [2.75, 3.05) is 38.0 Å². The number of hydrogen-bond acceptors (Lipinski definition) is 6. The monoisotopic (exact) mass is 477 g/mol. The summed E-state index contributed by atoms with van der Waals surface area (Å²) >= 11 is 1.44. The number of hydrogen-bond donors (Lipinski definition) is 1. The van der Waals surface area contributed by atoms with Crippen LogP contribution in [0.4, 0.5) is 18.9 Å². The molecule has 1 N–H and O–H groups in total. The average Bonchev–Trinajstić information content (AvgIpc) is 3.01. The lowest BCUT2D eigenvalue weighted by atomic mass is 10.3. The SMILES string of the molecule is Cc1cc(S(=O)(=O)N2CCN(CC(=O)Nc3ccc(OC(F)(F)F)cc3)CC2)c(C)s1. The normalized spacial score (nSPS) is 16.3. The van der Waals surface area contributed by atoms with E-state index in [1.54, 1.807) is 13.0 Å². The second kappa shape index (κ2) is 9.15. The van der Waals surface area contributed by atoms with Crippen molar-refractivity contribution in [3.8, 4) is 5.75 Å².